The Hall–Kier alpha value is -6.46. The topological polar surface area (TPSA) is 180 Å². The van der Waals surface area contributed by atoms with Crippen molar-refractivity contribution < 1.29 is 46.0 Å². The second-order valence-corrected chi connectivity index (χ2v) is 16.5. The molecule has 0 aliphatic carbocycles. The number of carbonyl (C=O) groups excluding carboxylic acids is 2. The number of nitrogens with zero attached hydrogens (tertiary/aromatic N) is 8. The Morgan fingerprint density at radius 3 is 0.970 bits per heavy atom. The van der Waals surface area contributed by atoms with E-state index in [0.717, 1.165) is 69.5 Å². The van der Waals surface area contributed by atoms with Crippen LogP contribution in [0.25, 0.3) is 89.7 Å². The standard InChI is InChI=1S/C32H16N8.2C11H20O2.Zr/c1-2-10-18-17(9-1)25-33-26(18)38-28-21-13-5-6-14-22(21)30(35-28)40-32-24-16-8-7-15-23(24)31(36-32)39-29-20-12-4-3-11-19(20)27(34-29)37-25;2*1-3-4-5-6-7-8-11(13)9-10(2)12;/h1-16H;2*9,13H,3-8H2,1-2H3;/q-2;;;+2. The fourth-order valence-electron chi connectivity index (χ4n) is 7.89. The van der Waals surface area contributed by atoms with Gasteiger partial charge in [-0.05, 0) is 48.2 Å². The molecule has 12 nitrogen and oxygen atoms in total. The van der Waals surface area contributed by atoms with Gasteiger partial charge in [0.05, 0.1) is 34.8 Å². The molecule has 0 atom stereocenters. The number of benzene rings is 4. The van der Waals surface area contributed by atoms with Crippen molar-refractivity contribution in [2.45, 2.75) is 105 Å². The molecule has 8 bridgehead atoms. The van der Waals surface area contributed by atoms with Crippen LogP contribution < -0.4 is 9.97 Å². The van der Waals surface area contributed by atoms with Crippen LogP contribution in [0.15, 0.2) is 121 Å². The maximum absolute atomic E-state index is 10.6. The molecule has 0 saturated heterocycles. The van der Waals surface area contributed by atoms with E-state index in [4.69, 9.17) is 39.9 Å². The van der Waals surface area contributed by atoms with E-state index in [-0.39, 0.29) is 49.3 Å². The number of allylic oxidation sites excluding steroid dienone is 4. The van der Waals surface area contributed by atoms with Gasteiger partial charge >= 0.3 is 26.2 Å². The van der Waals surface area contributed by atoms with Gasteiger partial charge in [-0.2, -0.15) is 0 Å². The minimum atomic E-state index is -0.0777. The normalized spacial score (nSPS) is 11.7. The number of fused-ring (bicyclic) bond motifs is 20. The number of ketones is 2. The van der Waals surface area contributed by atoms with Crippen molar-refractivity contribution in [3.05, 3.63) is 121 Å². The summed E-state index contributed by atoms with van der Waals surface area (Å²) in [5.74, 6) is 2.50. The van der Waals surface area contributed by atoms with Gasteiger partial charge in [0.15, 0.2) is 11.6 Å². The quantitative estimate of drug-likeness (QED) is 0.0599. The maximum Gasteiger partial charge on any atom is 2.00 e. The van der Waals surface area contributed by atoms with Crippen molar-refractivity contribution in [1.29, 1.82) is 0 Å². The number of hydrogen-bond acceptors (Lipinski definition) is 10. The van der Waals surface area contributed by atoms with Crippen molar-refractivity contribution in [3.8, 4) is 45.6 Å². The third kappa shape index (κ3) is 12.9. The summed E-state index contributed by atoms with van der Waals surface area (Å²) in [4.78, 5) is 60.4. The summed E-state index contributed by atoms with van der Waals surface area (Å²) in [6, 6.07) is 31.8. The number of rotatable bonds is 14. The smallest absolute Gasteiger partial charge is 0.512 e. The zero-order valence-electron chi connectivity index (χ0n) is 38.7. The van der Waals surface area contributed by atoms with E-state index in [0.29, 0.717) is 58.7 Å². The van der Waals surface area contributed by atoms with Gasteiger partial charge < -0.3 is 40.1 Å². The van der Waals surface area contributed by atoms with Gasteiger partial charge in [-0.15, -0.1) is 0 Å². The summed E-state index contributed by atoms with van der Waals surface area (Å²) >= 11 is 0. The molecule has 7 aromatic rings. The molecule has 5 heterocycles. The molecular formula is C54H56N8O4Zr. The van der Waals surface area contributed by atoms with Gasteiger partial charge in [-0.3, -0.25) is 9.59 Å². The van der Waals surface area contributed by atoms with Crippen LogP contribution in [0, 0.1) is 0 Å². The molecule has 2 aliphatic heterocycles. The van der Waals surface area contributed by atoms with Crippen LogP contribution in [0.4, 0.5) is 0 Å². The molecular weight excluding hydrogens is 916 g/mol. The fraction of sp³-hybridized carbons (Fsp3) is 0.296. The minimum absolute atomic E-state index is 0. The number of aromatic nitrogens is 8. The van der Waals surface area contributed by atoms with Gasteiger partial charge in [-0.1, -0.05) is 162 Å². The molecule has 13 heteroatoms. The van der Waals surface area contributed by atoms with E-state index < -0.39 is 0 Å². The van der Waals surface area contributed by atoms with Crippen molar-refractivity contribution in [2.24, 2.45) is 0 Å². The number of hydrogen-bond donors (Lipinski definition) is 2. The third-order valence-corrected chi connectivity index (χ3v) is 11.1. The average molecular weight is 972 g/mol. The molecule has 9 rings (SSSR count). The molecule has 67 heavy (non-hydrogen) atoms. The van der Waals surface area contributed by atoms with Crippen molar-refractivity contribution in [2.75, 3.05) is 0 Å². The first kappa shape index (κ1) is 50.0. The van der Waals surface area contributed by atoms with E-state index >= 15 is 0 Å². The molecule has 4 aromatic carbocycles. The van der Waals surface area contributed by atoms with E-state index in [1.54, 1.807) is 0 Å². The molecule has 0 fully saturated rings. The van der Waals surface area contributed by atoms with Gasteiger partial charge in [0.1, 0.15) is 0 Å². The summed E-state index contributed by atoms with van der Waals surface area (Å²) in [5.41, 5.74) is 5.78. The van der Waals surface area contributed by atoms with Crippen molar-refractivity contribution in [3.63, 3.8) is 0 Å². The predicted molar refractivity (Wildman–Crippen MR) is 264 cm³/mol. The Labute approximate surface area is 410 Å². The summed E-state index contributed by atoms with van der Waals surface area (Å²) in [6.07, 6.45) is 15.6. The van der Waals surface area contributed by atoms with Gasteiger partial charge in [0.2, 0.25) is 0 Å². The predicted octanol–water partition coefficient (Wildman–Crippen LogP) is 12.9. The Morgan fingerprint density at radius 2 is 0.701 bits per heavy atom. The Balaban J connectivity index is 0.000000229. The number of aliphatic hydroxyl groups excluding tert-OH is 2. The summed E-state index contributed by atoms with van der Waals surface area (Å²) < 4.78 is 0. The van der Waals surface area contributed by atoms with Crippen LogP contribution >= 0.6 is 0 Å². The van der Waals surface area contributed by atoms with Gasteiger partial charge in [0, 0.05) is 69.8 Å². The first-order valence-electron chi connectivity index (χ1n) is 23.0. The molecule has 0 saturated carbocycles. The Kier molecular flexibility index (Phi) is 18.2. The molecule has 0 radical (unpaired) electrons. The van der Waals surface area contributed by atoms with Crippen LogP contribution in [0.2, 0.25) is 0 Å². The first-order chi connectivity index (χ1) is 32.1. The summed E-state index contributed by atoms with van der Waals surface area (Å²) in [7, 11) is 0. The van der Waals surface area contributed by atoms with Crippen LogP contribution in [-0.2, 0) is 35.8 Å². The molecule has 340 valence electrons. The Bertz CT molecular complexity index is 2720. The van der Waals surface area contributed by atoms with Crippen LogP contribution in [-0.4, -0.2) is 51.7 Å². The Morgan fingerprint density at radius 1 is 0.433 bits per heavy atom. The van der Waals surface area contributed by atoms with Crippen molar-refractivity contribution >= 4 is 55.7 Å². The summed E-state index contributed by atoms with van der Waals surface area (Å²) in [6.45, 7) is 7.25. The zero-order chi connectivity index (χ0) is 46.4. The minimum Gasteiger partial charge on any atom is -0.512 e. The van der Waals surface area contributed by atoms with E-state index in [2.05, 4.69) is 13.8 Å². The molecule has 2 aliphatic rings. The second-order valence-electron chi connectivity index (χ2n) is 16.5. The maximum atomic E-state index is 10.6. The van der Waals surface area contributed by atoms with Crippen molar-refractivity contribution in [1.82, 2.24) is 39.9 Å². The molecule has 0 unspecified atom stereocenters. The van der Waals surface area contributed by atoms with Crippen LogP contribution in [0.1, 0.15) is 105 Å². The molecule has 3 aromatic heterocycles. The largest absolute Gasteiger partial charge is 2.00 e. The van der Waals surface area contributed by atoms with E-state index in [9.17, 15) is 19.8 Å². The first-order valence-corrected chi connectivity index (χ1v) is 23.0. The monoisotopic (exact) mass is 970 g/mol. The van der Waals surface area contributed by atoms with Gasteiger partial charge in [0.25, 0.3) is 0 Å². The number of unbranched alkanes of at least 4 members (excludes halogenated alkanes) is 8. The third-order valence-electron chi connectivity index (χ3n) is 11.1. The van der Waals surface area contributed by atoms with Gasteiger partial charge in [-0.25, -0.2) is 9.97 Å². The molecule has 0 spiro atoms. The SMILES string of the molecule is CCCCCCCC(O)=CC(C)=O.CCCCCCCC(O)=CC(C)=O.[Zr+2].c1ccc2c(c1)-c1nc-2nc2[n-]c(nc3nc(nc4[n-]c(n1)c1ccccc41)-c1ccccc1-3)c1ccccc21. The summed E-state index contributed by atoms with van der Waals surface area (Å²) in [5, 5.41) is 22.0. The van der Waals surface area contributed by atoms with E-state index in [1.165, 1.54) is 64.5 Å². The zero-order valence-corrected chi connectivity index (χ0v) is 41.1. The van der Waals surface area contributed by atoms with E-state index in [1.807, 2.05) is 97.1 Å². The average Bonchev–Trinajstić information content (AvgIpc) is 4.05. The fourth-order valence-corrected chi connectivity index (χ4v) is 7.89. The molecule has 2 N–H and O–H groups in total. The van der Waals surface area contributed by atoms with Crippen LogP contribution in [0.3, 0.4) is 0 Å². The number of carbonyl (C=O) groups is 2. The number of aliphatic hydroxyl groups is 2. The molecule has 0 amide bonds. The second kappa shape index (κ2) is 24.4. The van der Waals surface area contributed by atoms with Crippen LogP contribution in [0.5, 0.6) is 0 Å².